The monoisotopic (exact) mass is 423 g/mol. The Morgan fingerprint density at radius 2 is 1.85 bits per heavy atom. The number of piperidine rings is 1. The highest BCUT2D eigenvalue weighted by Gasteiger charge is 2.35. The van der Waals surface area contributed by atoms with Gasteiger partial charge in [-0.05, 0) is 52.4 Å². The fraction of sp³-hybridized carbons (Fsp3) is 0.571. The molecule has 0 amide bonds. The molecule has 20 heavy (non-hydrogen) atoms. The quantitative estimate of drug-likeness (QED) is 0.720. The predicted molar refractivity (Wildman–Crippen MR) is 88.2 cm³/mol. The van der Waals surface area contributed by atoms with Crippen LogP contribution in [0.25, 0.3) is 0 Å². The lowest BCUT2D eigenvalue weighted by molar-refractivity contribution is 0.169. The first kappa shape index (κ1) is 16.5. The van der Waals surface area contributed by atoms with Crippen molar-refractivity contribution in [2.24, 2.45) is 5.41 Å². The fourth-order valence-corrected chi connectivity index (χ4v) is 5.34. The average molecular weight is 425 g/mol. The largest absolute Gasteiger partial charge is 0.244 e. The number of hydrogen-bond donors (Lipinski definition) is 0. The van der Waals surface area contributed by atoms with Gasteiger partial charge >= 0.3 is 0 Å². The van der Waals surface area contributed by atoms with Gasteiger partial charge in [0, 0.05) is 22.0 Å². The van der Waals surface area contributed by atoms with Crippen molar-refractivity contribution >= 4 is 41.9 Å². The highest BCUT2D eigenvalue weighted by atomic mass is 79.9. The summed E-state index contributed by atoms with van der Waals surface area (Å²) in [6.07, 6.45) is 2.95. The topological polar surface area (TPSA) is 37.4 Å². The van der Waals surface area contributed by atoms with Gasteiger partial charge in [-0.3, -0.25) is 0 Å². The summed E-state index contributed by atoms with van der Waals surface area (Å²) in [5.41, 5.74) is 0.278. The minimum absolute atomic E-state index is 0.278. The second-order valence-electron chi connectivity index (χ2n) is 5.64. The highest BCUT2D eigenvalue weighted by molar-refractivity contribution is 9.11. The zero-order valence-corrected chi connectivity index (χ0v) is 15.7. The molecule has 0 N–H and O–H groups in total. The van der Waals surface area contributed by atoms with E-state index >= 15 is 0 Å². The summed E-state index contributed by atoms with van der Waals surface area (Å²) < 4.78 is 28.5. The van der Waals surface area contributed by atoms with Crippen LogP contribution in [0.5, 0.6) is 0 Å². The Labute approximate surface area is 138 Å². The number of sulfonamides is 1. The summed E-state index contributed by atoms with van der Waals surface area (Å²) in [4.78, 5) is 0.340. The minimum atomic E-state index is -3.42. The molecular weight excluding hydrogens is 406 g/mol. The molecule has 1 aromatic rings. The van der Waals surface area contributed by atoms with E-state index in [-0.39, 0.29) is 5.41 Å². The third-order valence-electron chi connectivity index (χ3n) is 4.29. The Morgan fingerprint density at radius 1 is 1.25 bits per heavy atom. The number of nitrogens with zero attached hydrogens (tertiary/aromatic N) is 1. The maximum Gasteiger partial charge on any atom is 0.244 e. The van der Waals surface area contributed by atoms with Gasteiger partial charge < -0.3 is 0 Å². The Bertz CT molecular complexity index is 593. The molecule has 0 bridgehead atoms. The molecule has 0 aliphatic carbocycles. The lowest BCUT2D eigenvalue weighted by atomic mass is 9.79. The molecule has 1 saturated heterocycles. The molecule has 1 aliphatic rings. The molecule has 2 rings (SSSR count). The molecule has 1 aromatic carbocycles. The number of rotatable bonds is 3. The molecule has 0 radical (unpaired) electrons. The van der Waals surface area contributed by atoms with Crippen molar-refractivity contribution in [2.75, 3.05) is 13.1 Å². The van der Waals surface area contributed by atoms with Crippen molar-refractivity contribution in [3.8, 4) is 0 Å². The number of benzene rings is 1. The summed E-state index contributed by atoms with van der Waals surface area (Å²) in [6, 6.07) is 5.25. The normalized spacial score (nSPS) is 20.0. The van der Waals surface area contributed by atoms with Crippen LogP contribution < -0.4 is 0 Å². The molecule has 0 atom stereocenters. The zero-order chi connectivity index (χ0) is 15.0. The molecule has 0 unspecified atom stereocenters. The van der Waals surface area contributed by atoms with Crippen molar-refractivity contribution in [1.29, 1.82) is 0 Å². The van der Waals surface area contributed by atoms with E-state index in [1.165, 1.54) is 0 Å². The van der Waals surface area contributed by atoms with Gasteiger partial charge in [0.25, 0.3) is 0 Å². The van der Waals surface area contributed by atoms with Crippen LogP contribution in [0.3, 0.4) is 0 Å². The van der Waals surface area contributed by atoms with E-state index in [1.807, 2.05) is 6.07 Å². The van der Waals surface area contributed by atoms with Gasteiger partial charge in [-0.2, -0.15) is 4.31 Å². The Balaban J connectivity index is 2.26. The van der Waals surface area contributed by atoms with E-state index in [0.29, 0.717) is 22.5 Å². The van der Waals surface area contributed by atoms with Crippen LogP contribution in [0.2, 0.25) is 0 Å². The predicted octanol–water partition coefficient (Wildman–Crippen LogP) is 4.41. The van der Waals surface area contributed by atoms with E-state index in [2.05, 4.69) is 45.7 Å². The van der Waals surface area contributed by atoms with Crippen LogP contribution in [-0.4, -0.2) is 25.8 Å². The molecule has 1 heterocycles. The molecular formula is C14H19Br2NO2S. The van der Waals surface area contributed by atoms with Gasteiger partial charge in [-0.25, -0.2) is 8.42 Å². The molecule has 0 saturated carbocycles. The Hall–Kier alpha value is 0.0900. The van der Waals surface area contributed by atoms with Gasteiger partial charge in [0.2, 0.25) is 10.0 Å². The number of hydrogen-bond acceptors (Lipinski definition) is 2. The van der Waals surface area contributed by atoms with Crippen LogP contribution >= 0.6 is 31.9 Å². The Morgan fingerprint density at radius 3 is 2.40 bits per heavy atom. The summed E-state index contributed by atoms with van der Waals surface area (Å²) in [5, 5.41) is 0. The van der Waals surface area contributed by atoms with E-state index in [4.69, 9.17) is 0 Å². The van der Waals surface area contributed by atoms with Crippen LogP contribution in [0.4, 0.5) is 0 Å². The third-order valence-corrected chi connectivity index (χ3v) is 7.68. The molecule has 112 valence electrons. The molecule has 3 nitrogen and oxygen atoms in total. The van der Waals surface area contributed by atoms with Crippen LogP contribution in [0, 0.1) is 5.41 Å². The average Bonchev–Trinajstić information content (AvgIpc) is 2.42. The van der Waals surface area contributed by atoms with Gasteiger partial charge in [0.15, 0.2) is 0 Å². The first-order chi connectivity index (χ1) is 9.28. The highest BCUT2D eigenvalue weighted by Crippen LogP contribution is 2.37. The van der Waals surface area contributed by atoms with Crippen molar-refractivity contribution in [3.05, 3.63) is 27.1 Å². The summed E-state index contributed by atoms with van der Waals surface area (Å²) in [5.74, 6) is 0. The molecule has 0 spiro atoms. The molecule has 1 aliphatic heterocycles. The van der Waals surface area contributed by atoms with Crippen LogP contribution in [0.1, 0.15) is 33.1 Å². The minimum Gasteiger partial charge on any atom is -0.207 e. The first-order valence-corrected chi connectivity index (χ1v) is 9.76. The lowest BCUT2D eigenvalue weighted by Crippen LogP contribution is -2.41. The third kappa shape index (κ3) is 3.29. The van der Waals surface area contributed by atoms with Crippen molar-refractivity contribution in [2.45, 2.75) is 38.0 Å². The SMILES string of the molecule is CCC1(C)CCN(S(=O)(=O)c2cc(Br)ccc2Br)CC1. The van der Waals surface area contributed by atoms with Gasteiger partial charge in [0.1, 0.15) is 0 Å². The second kappa shape index (κ2) is 6.07. The second-order valence-corrected chi connectivity index (χ2v) is 9.32. The smallest absolute Gasteiger partial charge is 0.207 e. The van der Waals surface area contributed by atoms with Crippen LogP contribution in [-0.2, 0) is 10.0 Å². The molecule has 1 fully saturated rings. The van der Waals surface area contributed by atoms with Crippen molar-refractivity contribution < 1.29 is 8.42 Å². The van der Waals surface area contributed by atoms with Gasteiger partial charge in [-0.1, -0.05) is 36.2 Å². The maximum absolute atomic E-state index is 12.7. The summed E-state index contributed by atoms with van der Waals surface area (Å²) in [6.45, 7) is 5.62. The summed E-state index contributed by atoms with van der Waals surface area (Å²) >= 11 is 6.68. The van der Waals surface area contributed by atoms with Gasteiger partial charge in [0.05, 0.1) is 4.90 Å². The lowest BCUT2D eigenvalue weighted by Gasteiger charge is -2.38. The van der Waals surface area contributed by atoms with Crippen LogP contribution in [0.15, 0.2) is 32.0 Å². The maximum atomic E-state index is 12.7. The zero-order valence-electron chi connectivity index (χ0n) is 11.7. The summed E-state index contributed by atoms with van der Waals surface area (Å²) in [7, 11) is -3.42. The van der Waals surface area contributed by atoms with Gasteiger partial charge in [-0.15, -0.1) is 0 Å². The van der Waals surface area contributed by atoms with Crippen molar-refractivity contribution in [1.82, 2.24) is 4.31 Å². The Kier molecular flexibility index (Phi) is 4.99. The molecule has 0 aromatic heterocycles. The fourth-order valence-electron chi connectivity index (χ4n) is 2.43. The van der Waals surface area contributed by atoms with E-state index in [1.54, 1.807) is 16.4 Å². The van der Waals surface area contributed by atoms with E-state index in [9.17, 15) is 8.42 Å². The standard InChI is InChI=1S/C14H19Br2NO2S/c1-3-14(2)6-8-17(9-7-14)20(18,19)13-10-11(15)4-5-12(13)16/h4-5,10H,3,6-9H2,1-2H3. The van der Waals surface area contributed by atoms with E-state index < -0.39 is 10.0 Å². The molecule has 6 heteroatoms. The first-order valence-electron chi connectivity index (χ1n) is 6.74. The van der Waals surface area contributed by atoms with E-state index in [0.717, 1.165) is 23.7 Å². The number of halogens is 2. The van der Waals surface area contributed by atoms with Crippen molar-refractivity contribution in [3.63, 3.8) is 0 Å².